The van der Waals surface area contributed by atoms with Gasteiger partial charge in [0.1, 0.15) is 12.8 Å². The molecule has 2 heterocycles. The first-order chi connectivity index (χ1) is 8.43. The Morgan fingerprint density at radius 2 is 2.56 bits per heavy atom. The number of aromatic nitrogens is 2. The van der Waals surface area contributed by atoms with Gasteiger partial charge in [-0.2, -0.15) is 0 Å². The zero-order valence-electron chi connectivity index (χ0n) is 9.87. The molecule has 1 aromatic heterocycles. The predicted octanol–water partition coefficient (Wildman–Crippen LogP) is 0.298. The number of hydrogen-bond acceptors (Lipinski definition) is 6. The Kier molecular flexibility index (Phi) is 2.81. The fourth-order valence-corrected chi connectivity index (χ4v) is 1.65. The average Bonchev–Trinajstić information content (AvgIpc) is 2.81. The number of nitrogens with one attached hydrogen (secondary N) is 1. The van der Waals surface area contributed by atoms with E-state index in [0.29, 0.717) is 6.54 Å². The van der Waals surface area contributed by atoms with Crippen molar-refractivity contribution in [3.8, 4) is 6.01 Å². The summed E-state index contributed by atoms with van der Waals surface area (Å²) in [6.45, 7) is 2.10. The van der Waals surface area contributed by atoms with Crippen LogP contribution in [-0.4, -0.2) is 39.8 Å². The van der Waals surface area contributed by atoms with Crippen LogP contribution in [0.5, 0.6) is 6.01 Å². The van der Waals surface area contributed by atoms with Crippen molar-refractivity contribution in [3.63, 3.8) is 0 Å². The molecule has 0 saturated carbocycles. The van der Waals surface area contributed by atoms with E-state index in [1.807, 2.05) is 0 Å². The second-order valence-electron chi connectivity index (χ2n) is 4.14. The quantitative estimate of drug-likeness (QED) is 0.615. The summed E-state index contributed by atoms with van der Waals surface area (Å²) < 4.78 is 11.9. The zero-order valence-corrected chi connectivity index (χ0v) is 9.87. The molecule has 1 N–H and O–H groups in total. The molecule has 0 aromatic carbocycles. The first kappa shape index (κ1) is 12.1. The van der Waals surface area contributed by atoms with Crippen molar-refractivity contribution >= 4 is 11.9 Å². The predicted molar refractivity (Wildman–Crippen MR) is 58.3 cm³/mol. The van der Waals surface area contributed by atoms with Gasteiger partial charge in [0.2, 0.25) is 0 Å². The highest BCUT2D eigenvalue weighted by atomic mass is 16.6. The number of fused-ring (bicyclic) bond motifs is 1. The number of ether oxygens (including phenoxy) is 2. The van der Waals surface area contributed by atoms with Gasteiger partial charge < -0.3 is 24.9 Å². The molecule has 1 atom stereocenters. The van der Waals surface area contributed by atoms with Crippen LogP contribution in [0.3, 0.4) is 0 Å². The summed E-state index contributed by atoms with van der Waals surface area (Å²) in [5.41, 5.74) is -0.760. The van der Waals surface area contributed by atoms with Crippen LogP contribution in [0, 0.1) is 10.1 Å². The summed E-state index contributed by atoms with van der Waals surface area (Å²) in [5.74, 6) is -0.265. The number of amides is 1. The third-order valence-electron chi connectivity index (χ3n) is 2.47. The van der Waals surface area contributed by atoms with Gasteiger partial charge in [-0.15, -0.1) is 0 Å². The molecule has 0 fully saturated rings. The lowest BCUT2D eigenvalue weighted by Crippen LogP contribution is -2.39. The van der Waals surface area contributed by atoms with E-state index in [-0.39, 0.29) is 18.4 Å². The van der Waals surface area contributed by atoms with Gasteiger partial charge in [-0.25, -0.2) is 4.79 Å². The van der Waals surface area contributed by atoms with Gasteiger partial charge in [-0.3, -0.25) is 4.57 Å². The van der Waals surface area contributed by atoms with E-state index in [4.69, 9.17) is 9.47 Å². The topological polar surface area (TPSA) is 109 Å². The summed E-state index contributed by atoms with van der Waals surface area (Å²) in [6, 6.07) is 0.157. The normalized spacial score (nSPS) is 21.0. The minimum absolute atomic E-state index is 0.0316. The first-order valence-electron chi connectivity index (χ1n) is 5.18. The van der Waals surface area contributed by atoms with E-state index in [0.717, 1.165) is 0 Å². The molecule has 1 aliphatic heterocycles. The van der Waals surface area contributed by atoms with E-state index in [2.05, 4.69) is 10.3 Å². The van der Waals surface area contributed by atoms with Gasteiger partial charge in [-0.05, 0) is 11.8 Å². The highest BCUT2D eigenvalue weighted by molar-refractivity contribution is 5.66. The molecular weight excluding hydrogens is 244 g/mol. The molecule has 98 valence electrons. The smallest absolute Gasteiger partial charge is 0.415 e. The fourth-order valence-electron chi connectivity index (χ4n) is 1.65. The fraction of sp³-hybridized carbons (Fsp3) is 0.556. The lowest BCUT2D eigenvalue weighted by atomic mass is 10.1. The number of rotatable bonds is 3. The maximum Gasteiger partial charge on any atom is 0.415 e. The minimum atomic E-state index is -0.760. The standard InChI is InChI=1S/C9H12N4O5/c1-9(5-17-8(14)10-2)4-12-3-6(13(15)16)11-7(12)18-9/h3H,4-5H2,1-2H3,(H,10,14). The van der Waals surface area contributed by atoms with E-state index in [1.165, 1.54) is 17.8 Å². The Labute approximate surface area is 102 Å². The molecule has 18 heavy (non-hydrogen) atoms. The number of nitro groups is 1. The summed E-state index contributed by atoms with van der Waals surface area (Å²) in [7, 11) is 1.45. The highest BCUT2D eigenvalue weighted by Crippen LogP contribution is 2.30. The zero-order chi connectivity index (χ0) is 13.3. The molecule has 0 saturated heterocycles. The molecule has 0 bridgehead atoms. The van der Waals surface area contributed by atoms with Crippen molar-refractivity contribution in [2.45, 2.75) is 19.1 Å². The van der Waals surface area contributed by atoms with Crippen LogP contribution in [0.1, 0.15) is 6.92 Å². The molecule has 1 amide bonds. The lowest BCUT2D eigenvalue weighted by Gasteiger charge is -2.20. The molecule has 2 rings (SSSR count). The van der Waals surface area contributed by atoms with E-state index in [1.54, 1.807) is 6.92 Å². The number of carbonyl (C=O) groups excluding carboxylic acids is 1. The average molecular weight is 256 g/mol. The maximum atomic E-state index is 11.0. The molecule has 1 aliphatic rings. The third-order valence-corrected chi connectivity index (χ3v) is 2.47. The van der Waals surface area contributed by atoms with Crippen LogP contribution in [-0.2, 0) is 11.3 Å². The Bertz CT molecular complexity index is 474. The van der Waals surface area contributed by atoms with E-state index < -0.39 is 16.6 Å². The maximum absolute atomic E-state index is 11.0. The summed E-state index contributed by atoms with van der Waals surface area (Å²) in [5, 5.41) is 12.8. The Morgan fingerprint density at radius 1 is 1.83 bits per heavy atom. The number of carbonyl (C=O) groups is 1. The number of alkyl carbamates (subject to hydrolysis) is 1. The Balaban J connectivity index is 2.02. The molecule has 0 aliphatic carbocycles. The van der Waals surface area contributed by atoms with E-state index >= 15 is 0 Å². The van der Waals surface area contributed by atoms with Crippen molar-refractivity contribution in [1.82, 2.24) is 14.9 Å². The second-order valence-corrected chi connectivity index (χ2v) is 4.14. The molecule has 9 nitrogen and oxygen atoms in total. The Morgan fingerprint density at radius 3 is 3.11 bits per heavy atom. The van der Waals surface area contributed by atoms with Crippen LogP contribution in [0.15, 0.2) is 6.20 Å². The largest absolute Gasteiger partial charge is 0.445 e. The molecule has 1 unspecified atom stereocenters. The summed E-state index contributed by atoms with van der Waals surface area (Å²) in [4.78, 5) is 24.6. The van der Waals surface area contributed by atoms with Crippen molar-refractivity contribution in [2.24, 2.45) is 0 Å². The number of hydrogen-bond donors (Lipinski definition) is 1. The highest BCUT2D eigenvalue weighted by Gasteiger charge is 2.41. The van der Waals surface area contributed by atoms with Crippen molar-refractivity contribution in [3.05, 3.63) is 16.3 Å². The van der Waals surface area contributed by atoms with Gasteiger partial charge >= 0.3 is 17.9 Å². The summed E-state index contributed by atoms with van der Waals surface area (Å²) >= 11 is 0. The van der Waals surface area contributed by atoms with Gasteiger partial charge in [0.25, 0.3) is 0 Å². The summed E-state index contributed by atoms with van der Waals surface area (Å²) in [6.07, 6.45) is 0.732. The number of nitrogens with zero attached hydrogens (tertiary/aromatic N) is 3. The van der Waals surface area contributed by atoms with E-state index in [9.17, 15) is 14.9 Å². The van der Waals surface area contributed by atoms with Crippen LogP contribution >= 0.6 is 0 Å². The SMILES string of the molecule is CNC(=O)OCC1(C)Cn2cc([N+](=O)[O-])nc2O1. The molecular formula is C9H12N4O5. The second kappa shape index (κ2) is 4.17. The van der Waals surface area contributed by atoms with Crippen LogP contribution in [0.25, 0.3) is 0 Å². The Hall–Kier alpha value is -2.32. The first-order valence-corrected chi connectivity index (χ1v) is 5.18. The minimum Gasteiger partial charge on any atom is -0.445 e. The van der Waals surface area contributed by atoms with Gasteiger partial charge in [0.05, 0.1) is 6.54 Å². The van der Waals surface area contributed by atoms with Crippen LogP contribution in [0.4, 0.5) is 10.6 Å². The molecule has 0 radical (unpaired) electrons. The van der Waals surface area contributed by atoms with Crippen molar-refractivity contribution in [2.75, 3.05) is 13.7 Å². The third kappa shape index (κ3) is 2.19. The monoisotopic (exact) mass is 256 g/mol. The van der Waals surface area contributed by atoms with Gasteiger partial charge in [0, 0.05) is 12.0 Å². The molecule has 0 spiro atoms. The van der Waals surface area contributed by atoms with Crippen molar-refractivity contribution in [1.29, 1.82) is 0 Å². The van der Waals surface area contributed by atoms with Crippen LogP contribution in [0.2, 0.25) is 0 Å². The number of imidazole rings is 1. The van der Waals surface area contributed by atoms with Gasteiger partial charge in [-0.1, -0.05) is 0 Å². The molecule has 9 heteroatoms. The molecule has 1 aromatic rings. The van der Waals surface area contributed by atoms with Crippen molar-refractivity contribution < 1.29 is 19.2 Å². The van der Waals surface area contributed by atoms with Gasteiger partial charge in [0.15, 0.2) is 5.60 Å². The lowest BCUT2D eigenvalue weighted by molar-refractivity contribution is -0.389. The van der Waals surface area contributed by atoms with Crippen LogP contribution < -0.4 is 10.1 Å².